The summed E-state index contributed by atoms with van der Waals surface area (Å²) in [6, 6.07) is 32.6. The van der Waals surface area contributed by atoms with Crippen molar-refractivity contribution in [3.05, 3.63) is 153 Å². The largest absolute Gasteiger partial charge is 0.465 e. The number of halogens is 1. The predicted molar refractivity (Wildman–Crippen MR) is 457 cm³/mol. The van der Waals surface area contributed by atoms with Gasteiger partial charge in [-0.2, -0.15) is 23.5 Å². The van der Waals surface area contributed by atoms with Crippen LogP contribution in [0.4, 0.5) is 25.6 Å². The SMILES string of the molecule is C.CCN(CC)CC.COC(=O)c1ccc2c(c1)Cc1nc(Cc3ccccc3)nc(NCCCN(C)CCCN)c1-2.COC(=O)c1ccc2c(c1)Cc1nc(Cc3ccccc3)nc(NCCCN(C)CCCNC(=O)CCCC[C@@H]3SC[C@@H]4NC(=O)N[C@@H]43)c1-2.O=C1N[C@H]2[C@H](CS[C@H]2CCCCC(=O)ON2C(=O)CCC2=O)N1.[2H]CF. The van der Waals surface area contributed by atoms with E-state index in [0.29, 0.717) is 71.8 Å². The molecule has 13 rings (SSSR count). The zero-order valence-corrected chi connectivity index (χ0v) is 69.3. The number of alkyl halides is 1. The number of amides is 7. The molecule has 2 aromatic heterocycles. The summed E-state index contributed by atoms with van der Waals surface area (Å²) < 4.78 is 25.3. The molecule has 5 fully saturated rings. The number of methoxy groups -OCH3 is 2. The van der Waals surface area contributed by atoms with Crippen LogP contribution >= 0.6 is 23.5 Å². The van der Waals surface area contributed by atoms with Gasteiger partial charge >= 0.3 is 30.0 Å². The first-order chi connectivity index (χ1) is 56.3. The predicted octanol–water partition coefficient (Wildman–Crippen LogP) is 10.8. The average molecular weight is 1640 g/mol. The lowest BCUT2D eigenvalue weighted by molar-refractivity contribution is -0.197. The molecule has 0 radical (unpaired) electrons. The Morgan fingerprint density at radius 1 is 0.586 bits per heavy atom. The van der Waals surface area contributed by atoms with Gasteiger partial charge in [0.05, 0.1) is 69.4 Å². The molecule has 116 heavy (non-hydrogen) atoms. The number of carbonyl (C=O) groups is 8. The quantitative estimate of drug-likeness (QED) is 0.00776. The first kappa shape index (κ1) is 90.6. The summed E-state index contributed by atoms with van der Waals surface area (Å²) in [5.41, 5.74) is 17.3. The number of nitrogens with one attached hydrogen (secondary N) is 7. The number of urea groups is 2. The van der Waals surface area contributed by atoms with Gasteiger partial charge < -0.3 is 72.0 Å². The van der Waals surface area contributed by atoms with Gasteiger partial charge in [-0.1, -0.05) is 114 Å². The van der Waals surface area contributed by atoms with E-state index >= 15 is 0 Å². The van der Waals surface area contributed by atoms with Crippen LogP contribution in [0, 0.1) is 0 Å². The topological polar surface area (TPSA) is 339 Å². The second kappa shape index (κ2) is 47.8. The number of anilines is 2. The van der Waals surface area contributed by atoms with E-state index in [1.807, 2.05) is 90.3 Å². The number of hydroxylamine groups is 2. The minimum absolute atomic E-state index is 0. The van der Waals surface area contributed by atoms with Crippen molar-refractivity contribution in [3.8, 4) is 22.3 Å². The third-order valence-electron chi connectivity index (χ3n) is 21.3. The highest BCUT2D eigenvalue weighted by Gasteiger charge is 2.44. The lowest BCUT2D eigenvalue weighted by atomic mass is 10.0. The zero-order chi connectivity index (χ0) is 82.9. The Bertz CT molecular complexity index is 4210. The Labute approximate surface area is 693 Å². The number of nitrogens with zero attached hydrogens (tertiary/aromatic N) is 8. The van der Waals surface area contributed by atoms with E-state index in [2.05, 4.69) is 111 Å². The average Bonchev–Trinajstić information content (AvgIpc) is 1.62. The van der Waals surface area contributed by atoms with Crippen LogP contribution in [0.3, 0.4) is 0 Å². The van der Waals surface area contributed by atoms with Crippen molar-refractivity contribution in [3.63, 3.8) is 0 Å². The van der Waals surface area contributed by atoms with Crippen molar-refractivity contribution in [2.24, 2.45) is 5.73 Å². The molecule has 0 unspecified atom stereocenters. The molecule has 630 valence electrons. The first-order valence-corrected chi connectivity index (χ1v) is 42.5. The lowest BCUT2D eigenvalue weighted by Gasteiger charge is -2.18. The van der Waals surface area contributed by atoms with Crippen LogP contribution in [-0.2, 0) is 59.2 Å². The van der Waals surface area contributed by atoms with Gasteiger partial charge in [-0.3, -0.25) is 18.8 Å². The Balaban J connectivity index is 0.000000217. The molecule has 7 aliphatic rings. The maximum Gasteiger partial charge on any atom is 0.337 e. The fourth-order valence-electron chi connectivity index (χ4n) is 15.1. The van der Waals surface area contributed by atoms with Crippen LogP contribution in [0.15, 0.2) is 97.1 Å². The summed E-state index contributed by atoms with van der Waals surface area (Å²) in [6.07, 6.45) is 12.7. The van der Waals surface area contributed by atoms with Gasteiger partial charge in [0.15, 0.2) is 0 Å². The summed E-state index contributed by atoms with van der Waals surface area (Å²) in [5.74, 6) is 3.13. The molecule has 5 saturated heterocycles. The van der Waals surface area contributed by atoms with Gasteiger partial charge in [0.1, 0.15) is 23.3 Å². The Morgan fingerprint density at radius 3 is 1.44 bits per heavy atom. The van der Waals surface area contributed by atoms with E-state index < -0.39 is 24.9 Å². The third-order valence-corrected chi connectivity index (χ3v) is 24.3. The van der Waals surface area contributed by atoms with E-state index in [4.69, 9.17) is 41.4 Å². The van der Waals surface area contributed by atoms with Crippen LogP contribution in [0.2, 0.25) is 0 Å². The molecule has 6 aromatic rings. The summed E-state index contributed by atoms with van der Waals surface area (Å²) in [6.45, 7) is 16.9. The van der Waals surface area contributed by atoms with Crippen molar-refractivity contribution in [1.29, 1.82) is 0 Å². The summed E-state index contributed by atoms with van der Waals surface area (Å²) in [4.78, 5) is 125. The molecule has 0 spiro atoms. The second-order valence-electron chi connectivity index (χ2n) is 29.4. The third kappa shape index (κ3) is 26.9. The standard InChI is InChI=1S/C37H47N7O4S.C27H33N5O2.C14H19N3O5S.C6H15N.CH3F.CH4/c1-44(18-8-16-38-32(45)13-7-6-12-30-34-29(23-49-30)41-37(47)43-34)19-9-17-39-35-33-27-15-14-25(36(46)48-2)21-26(27)22-28(33)40-31(42-35)20-24-10-4-3-5-11-24;1-32(14-6-12-28)15-7-13-29-26-25-22-11-10-20(27(33)34-2)17-21(22)18-23(25)30-24(31-26)16-19-8-4-3-5-9-19;18-10-5-6-11(19)17(10)22-12(20)4-2-1-3-9-13-8(7-23-9)15-14(21)16-13;1-4-7(5-2)6-3;1-2;/h3-5,10-11,14-15,21,29-30,34H,6-9,12-13,16-20,22-23H2,1-2H3,(H,38,45)(H,39,40,42)(H2,41,43,47);3-5,8-11,17H,6-7,12-16,18,28H2,1-2H3,(H,29,30,31);8-9,13H,1-7H2,(H2,15,16,21);4-6H2,1-3H3;1H3;1H4/t29-,30-,34-;;8-,9-,13-;;;/m0.0.../s1/i;;;;1D;. The van der Waals surface area contributed by atoms with Gasteiger partial charge in [-0.15, -0.1) is 5.06 Å². The van der Waals surface area contributed by atoms with Crippen molar-refractivity contribution >= 4 is 82.9 Å². The van der Waals surface area contributed by atoms with Crippen molar-refractivity contribution in [2.75, 3.05) is 130 Å². The number of fused-ring (bicyclic) bond motifs is 8. The number of imide groups is 1. The number of carbonyl (C=O) groups excluding carboxylic acids is 8. The van der Waals surface area contributed by atoms with Crippen LogP contribution in [0.25, 0.3) is 22.3 Å². The van der Waals surface area contributed by atoms with Gasteiger partial charge in [0.2, 0.25) is 5.91 Å². The number of rotatable bonds is 37. The Hall–Kier alpha value is -9.33. The summed E-state index contributed by atoms with van der Waals surface area (Å²) in [7, 11) is 6.05. The molecular formula is C86H121FN16O11S2. The number of hydrogen-bond acceptors (Lipinski definition) is 23. The molecule has 0 bridgehead atoms. The van der Waals surface area contributed by atoms with Crippen LogP contribution in [0.5, 0.6) is 0 Å². The van der Waals surface area contributed by atoms with Crippen LogP contribution in [0.1, 0.15) is 185 Å². The van der Waals surface area contributed by atoms with Gasteiger partial charge in [-0.25, -0.2) is 43.9 Å². The molecule has 0 saturated carbocycles. The van der Waals surface area contributed by atoms with E-state index in [1.165, 1.54) is 39.4 Å². The number of unbranched alkanes of at least 4 members (excludes halogenated alkanes) is 2. The maximum atomic E-state index is 12.4. The number of hydrogen-bond donors (Lipinski definition) is 8. The molecule has 9 N–H and O–H groups in total. The van der Waals surface area contributed by atoms with E-state index in [0.717, 1.165) is 189 Å². The smallest absolute Gasteiger partial charge is 0.337 e. The van der Waals surface area contributed by atoms with Gasteiger partial charge in [0, 0.05) is 104 Å². The molecule has 30 heteroatoms. The van der Waals surface area contributed by atoms with E-state index in [-0.39, 0.29) is 80.8 Å². The highest BCUT2D eigenvalue weighted by molar-refractivity contribution is 8.00. The molecule has 2 aliphatic carbocycles. The fraction of sp³-hybridized carbons (Fsp3) is 0.535. The number of aromatic nitrogens is 4. The lowest BCUT2D eigenvalue weighted by Crippen LogP contribution is -2.36. The highest BCUT2D eigenvalue weighted by atomic mass is 32.2. The number of thioether (sulfide) groups is 2. The minimum atomic E-state index is -1.00. The van der Waals surface area contributed by atoms with Gasteiger partial charge in [0.25, 0.3) is 11.8 Å². The number of benzene rings is 4. The Morgan fingerprint density at radius 2 is 1.02 bits per heavy atom. The van der Waals surface area contributed by atoms with Gasteiger partial charge in [-0.05, 0) is 175 Å². The van der Waals surface area contributed by atoms with Crippen LogP contribution < -0.4 is 43.0 Å². The molecule has 6 atom stereocenters. The second-order valence-corrected chi connectivity index (χ2v) is 32.0. The van der Waals surface area contributed by atoms with Crippen molar-refractivity contribution in [1.82, 2.24) is 66.3 Å². The maximum absolute atomic E-state index is 12.4. The highest BCUT2D eigenvalue weighted by Crippen LogP contribution is 2.43. The normalized spacial score (nSPS) is 18.0. The first-order valence-electron chi connectivity index (χ1n) is 41.1. The molecule has 5 aliphatic heterocycles. The fourth-order valence-corrected chi connectivity index (χ4v) is 18.2. The molecular weight excluding hydrogens is 1520 g/mol. The van der Waals surface area contributed by atoms with Crippen molar-refractivity contribution in [2.45, 2.75) is 178 Å². The van der Waals surface area contributed by atoms with Crippen molar-refractivity contribution < 1.29 is 58.4 Å². The molecule has 7 heterocycles. The van der Waals surface area contributed by atoms with Crippen LogP contribution in [-0.4, -0.2) is 241 Å². The summed E-state index contributed by atoms with van der Waals surface area (Å²) in [5, 5.41) is 23.5. The van der Waals surface area contributed by atoms with E-state index in [9.17, 15) is 42.7 Å². The molecule has 27 nitrogen and oxygen atoms in total. The molecule has 7 amide bonds. The van der Waals surface area contributed by atoms with E-state index in [1.54, 1.807) is 6.07 Å². The zero-order valence-electron chi connectivity index (χ0n) is 68.7. The number of esters is 2. The number of nitrogens with two attached hydrogens (primary N) is 1. The molecule has 4 aromatic carbocycles. The monoisotopic (exact) mass is 1640 g/mol. The summed E-state index contributed by atoms with van der Waals surface area (Å²) >= 11 is 3.75. The minimum Gasteiger partial charge on any atom is -0.465 e. The Kier molecular flexibility index (Phi) is 37.3. The number of ether oxygens (including phenoxy) is 2.